The zero-order chi connectivity index (χ0) is 12.6. The lowest BCUT2D eigenvalue weighted by atomic mass is 10.1. The molecule has 1 aliphatic heterocycles. The molecule has 1 atom stereocenters. The summed E-state index contributed by atoms with van der Waals surface area (Å²) in [5.74, 6) is -0.518. The van der Waals surface area contributed by atoms with E-state index in [-0.39, 0.29) is 23.8 Å². The largest absolute Gasteiger partial charge is 0.285 e. The van der Waals surface area contributed by atoms with Gasteiger partial charge in [0.1, 0.15) is 0 Å². The normalized spacial score (nSPS) is 16.6. The number of rotatable bonds is 3. The predicted octanol–water partition coefficient (Wildman–Crippen LogP) is 2.26. The fraction of sp³-hybridized carbons (Fsp3) is 0.385. The quantitative estimate of drug-likeness (QED) is 0.752. The molecule has 1 aromatic rings. The van der Waals surface area contributed by atoms with Gasteiger partial charge in [0.15, 0.2) is 0 Å². The highest BCUT2D eigenvalue weighted by atomic mass is 16.7. The van der Waals surface area contributed by atoms with Crippen LogP contribution in [0.5, 0.6) is 0 Å². The Morgan fingerprint density at radius 2 is 1.47 bits per heavy atom. The van der Waals surface area contributed by atoms with Gasteiger partial charge in [-0.25, -0.2) is 0 Å². The van der Waals surface area contributed by atoms with Gasteiger partial charge in [0, 0.05) is 0 Å². The molecule has 1 aliphatic rings. The van der Waals surface area contributed by atoms with Gasteiger partial charge in [-0.15, -0.1) is 5.06 Å². The molecule has 2 amide bonds. The first-order valence-electron chi connectivity index (χ1n) is 5.67. The van der Waals surface area contributed by atoms with Gasteiger partial charge in [0.25, 0.3) is 11.8 Å². The Hall–Kier alpha value is -1.68. The van der Waals surface area contributed by atoms with Gasteiger partial charge in [-0.1, -0.05) is 26.0 Å². The van der Waals surface area contributed by atoms with Crippen LogP contribution in [-0.2, 0) is 4.84 Å². The van der Waals surface area contributed by atoms with Crippen molar-refractivity contribution in [3.8, 4) is 0 Å². The lowest BCUT2D eigenvalue weighted by molar-refractivity contribution is -0.138. The first-order valence-corrected chi connectivity index (χ1v) is 5.67. The van der Waals surface area contributed by atoms with Crippen LogP contribution in [-0.4, -0.2) is 23.0 Å². The van der Waals surface area contributed by atoms with E-state index in [4.69, 9.17) is 4.84 Å². The number of nitrogens with zero attached hydrogens (tertiary/aromatic N) is 1. The topological polar surface area (TPSA) is 46.6 Å². The molecule has 0 saturated carbocycles. The Kier molecular flexibility index (Phi) is 2.98. The van der Waals surface area contributed by atoms with Crippen molar-refractivity contribution in [2.75, 3.05) is 0 Å². The summed E-state index contributed by atoms with van der Waals surface area (Å²) in [4.78, 5) is 29.3. The van der Waals surface area contributed by atoms with E-state index in [9.17, 15) is 9.59 Å². The summed E-state index contributed by atoms with van der Waals surface area (Å²) < 4.78 is 0. The van der Waals surface area contributed by atoms with E-state index in [0.29, 0.717) is 11.1 Å². The molecule has 1 heterocycles. The molecule has 4 nitrogen and oxygen atoms in total. The molecule has 0 N–H and O–H groups in total. The third-order valence-electron chi connectivity index (χ3n) is 2.97. The summed E-state index contributed by atoms with van der Waals surface area (Å²) >= 11 is 0. The SMILES string of the molecule is CC(C)C(C)ON1C(=O)c2ccccc2C1=O. The molecule has 0 radical (unpaired) electrons. The zero-order valence-corrected chi connectivity index (χ0v) is 10.1. The Bertz CT molecular complexity index is 432. The molecule has 17 heavy (non-hydrogen) atoms. The maximum absolute atomic E-state index is 11.9. The van der Waals surface area contributed by atoms with E-state index in [0.717, 1.165) is 5.06 Å². The van der Waals surface area contributed by atoms with Gasteiger partial charge < -0.3 is 0 Å². The number of benzene rings is 1. The molecule has 1 unspecified atom stereocenters. The monoisotopic (exact) mass is 233 g/mol. The van der Waals surface area contributed by atoms with Gasteiger partial charge in [0.05, 0.1) is 17.2 Å². The van der Waals surface area contributed by atoms with Crippen molar-refractivity contribution < 1.29 is 14.4 Å². The molecule has 0 saturated heterocycles. The van der Waals surface area contributed by atoms with Crippen molar-refractivity contribution in [3.63, 3.8) is 0 Å². The third kappa shape index (κ3) is 1.96. The van der Waals surface area contributed by atoms with E-state index in [2.05, 4.69) is 0 Å². The van der Waals surface area contributed by atoms with E-state index in [1.165, 1.54) is 0 Å². The van der Waals surface area contributed by atoms with Gasteiger partial charge in [-0.05, 0) is 25.0 Å². The molecule has 4 heteroatoms. The van der Waals surface area contributed by atoms with Gasteiger partial charge in [0.2, 0.25) is 0 Å². The highest BCUT2D eigenvalue weighted by Crippen LogP contribution is 2.24. The summed E-state index contributed by atoms with van der Waals surface area (Å²) in [6, 6.07) is 6.75. The van der Waals surface area contributed by atoms with Crippen LogP contribution in [0.3, 0.4) is 0 Å². The highest BCUT2D eigenvalue weighted by Gasteiger charge is 2.37. The van der Waals surface area contributed by atoms with E-state index < -0.39 is 0 Å². The van der Waals surface area contributed by atoms with Crippen molar-refractivity contribution >= 4 is 11.8 Å². The summed E-state index contributed by atoms with van der Waals surface area (Å²) in [7, 11) is 0. The lowest BCUT2D eigenvalue weighted by Crippen LogP contribution is -2.35. The fourth-order valence-corrected chi connectivity index (χ4v) is 1.55. The Labute approximate surface area is 100 Å². The predicted molar refractivity (Wildman–Crippen MR) is 62.3 cm³/mol. The van der Waals surface area contributed by atoms with E-state index in [1.54, 1.807) is 24.3 Å². The fourth-order valence-electron chi connectivity index (χ4n) is 1.55. The van der Waals surface area contributed by atoms with Gasteiger partial charge in [-0.3, -0.25) is 14.4 Å². The molecule has 0 aliphatic carbocycles. The Morgan fingerprint density at radius 1 is 1.00 bits per heavy atom. The standard InChI is InChI=1S/C13H15NO3/c1-8(2)9(3)17-14-12(15)10-6-4-5-7-11(10)13(14)16/h4-9H,1-3H3. The average Bonchev–Trinajstić information content (AvgIpc) is 2.55. The Balaban J connectivity index is 2.25. The van der Waals surface area contributed by atoms with Gasteiger partial charge >= 0.3 is 0 Å². The number of hydrogen-bond donors (Lipinski definition) is 0. The number of fused-ring (bicyclic) bond motifs is 1. The smallest absolute Gasteiger partial charge is 0.266 e. The lowest BCUT2D eigenvalue weighted by Gasteiger charge is -2.21. The number of amides is 2. The molecule has 0 aromatic heterocycles. The second kappa shape index (κ2) is 4.30. The first-order chi connectivity index (χ1) is 8.02. The minimum Gasteiger partial charge on any atom is -0.266 e. The highest BCUT2D eigenvalue weighted by molar-refractivity contribution is 6.20. The van der Waals surface area contributed by atoms with Crippen molar-refractivity contribution in [2.45, 2.75) is 26.9 Å². The van der Waals surface area contributed by atoms with Crippen LogP contribution in [0.25, 0.3) is 0 Å². The van der Waals surface area contributed by atoms with Crippen LogP contribution in [0.1, 0.15) is 41.5 Å². The van der Waals surface area contributed by atoms with Crippen LogP contribution >= 0.6 is 0 Å². The van der Waals surface area contributed by atoms with Crippen LogP contribution < -0.4 is 0 Å². The molecule has 90 valence electrons. The Morgan fingerprint density at radius 3 is 1.88 bits per heavy atom. The summed E-state index contributed by atoms with van der Waals surface area (Å²) in [6.45, 7) is 5.79. The van der Waals surface area contributed by atoms with Crippen LogP contribution in [0.15, 0.2) is 24.3 Å². The van der Waals surface area contributed by atoms with Crippen LogP contribution in [0.4, 0.5) is 0 Å². The molecule has 0 fully saturated rings. The van der Waals surface area contributed by atoms with Crippen molar-refractivity contribution in [3.05, 3.63) is 35.4 Å². The minimum atomic E-state index is -0.377. The van der Waals surface area contributed by atoms with E-state index >= 15 is 0 Å². The second-order valence-electron chi connectivity index (χ2n) is 4.50. The van der Waals surface area contributed by atoms with Crippen molar-refractivity contribution in [1.82, 2.24) is 5.06 Å². The third-order valence-corrected chi connectivity index (χ3v) is 2.97. The maximum Gasteiger partial charge on any atom is 0.285 e. The molecule has 0 bridgehead atoms. The second-order valence-corrected chi connectivity index (χ2v) is 4.50. The molecule has 1 aromatic carbocycles. The average molecular weight is 233 g/mol. The van der Waals surface area contributed by atoms with Crippen LogP contribution in [0.2, 0.25) is 0 Å². The van der Waals surface area contributed by atoms with Gasteiger partial charge in [-0.2, -0.15) is 0 Å². The summed E-state index contributed by atoms with van der Waals surface area (Å²) in [6.07, 6.45) is -0.183. The van der Waals surface area contributed by atoms with Crippen LogP contribution in [0, 0.1) is 5.92 Å². The molecule has 0 spiro atoms. The molecule has 2 rings (SSSR count). The maximum atomic E-state index is 11.9. The minimum absolute atomic E-state index is 0.183. The number of carbonyl (C=O) groups excluding carboxylic acids is 2. The van der Waals surface area contributed by atoms with Crippen molar-refractivity contribution in [1.29, 1.82) is 0 Å². The number of carbonyl (C=O) groups is 2. The van der Waals surface area contributed by atoms with Crippen molar-refractivity contribution in [2.24, 2.45) is 5.92 Å². The first kappa shape index (κ1) is 11.8. The number of imide groups is 1. The summed E-state index contributed by atoms with van der Waals surface area (Å²) in [5, 5.41) is 0.870. The summed E-state index contributed by atoms with van der Waals surface area (Å²) in [5.41, 5.74) is 0.821. The molecular formula is C13H15NO3. The number of hydrogen-bond acceptors (Lipinski definition) is 3. The molecular weight excluding hydrogens is 218 g/mol. The number of hydroxylamine groups is 2. The zero-order valence-electron chi connectivity index (χ0n) is 10.1. The van der Waals surface area contributed by atoms with E-state index in [1.807, 2.05) is 20.8 Å².